The van der Waals surface area contributed by atoms with Crippen LogP contribution in [0.3, 0.4) is 0 Å². The van der Waals surface area contributed by atoms with Gasteiger partial charge in [0.15, 0.2) is 0 Å². The highest BCUT2D eigenvalue weighted by atomic mass is 32.2. The maximum atomic E-state index is 12.6. The number of aryl methyl sites for hydroxylation is 2. The summed E-state index contributed by atoms with van der Waals surface area (Å²) in [4.78, 5) is 13.7. The number of pyridine rings is 1. The van der Waals surface area contributed by atoms with Gasteiger partial charge in [0, 0.05) is 18.4 Å². The maximum Gasteiger partial charge on any atom is 0.336 e. The van der Waals surface area contributed by atoms with Crippen LogP contribution in [-0.4, -0.2) is 24.1 Å². The molecule has 1 aromatic heterocycles. The van der Waals surface area contributed by atoms with Gasteiger partial charge in [-0.3, -0.25) is 0 Å². The van der Waals surface area contributed by atoms with Crippen LogP contribution >= 0.6 is 0 Å². The molecule has 0 aliphatic heterocycles. The van der Waals surface area contributed by atoms with Crippen molar-refractivity contribution in [1.82, 2.24) is 9.40 Å². The molecule has 29 heavy (non-hydrogen) atoms. The van der Waals surface area contributed by atoms with Crippen LogP contribution in [0.1, 0.15) is 21.7 Å². The van der Waals surface area contributed by atoms with E-state index in [1.54, 1.807) is 42.5 Å². The van der Waals surface area contributed by atoms with Gasteiger partial charge in [0.25, 0.3) is 10.0 Å². The maximum absolute atomic E-state index is 12.6. The van der Waals surface area contributed by atoms with Gasteiger partial charge in [-0.15, -0.1) is 0 Å². The molecule has 0 saturated carbocycles. The Morgan fingerprint density at radius 1 is 1.00 bits per heavy atom. The number of hydrogen-bond acceptors (Lipinski definition) is 4. The zero-order chi connectivity index (χ0) is 21.2. The van der Waals surface area contributed by atoms with E-state index in [0.29, 0.717) is 16.5 Å². The van der Waals surface area contributed by atoms with Crippen molar-refractivity contribution >= 4 is 16.0 Å². The Morgan fingerprint density at radius 3 is 2.17 bits per heavy atom. The molecule has 0 atom stereocenters. The van der Waals surface area contributed by atoms with E-state index < -0.39 is 16.0 Å². The molecule has 0 spiro atoms. The zero-order valence-electron chi connectivity index (χ0n) is 16.2. The molecule has 0 fully saturated rings. The predicted molar refractivity (Wildman–Crippen MR) is 110 cm³/mol. The third-order valence-corrected chi connectivity index (χ3v) is 5.92. The molecular formula is C21H21N3O4S. The number of aromatic carboxylic acids is 1. The third kappa shape index (κ3) is 4.38. The fourth-order valence-corrected chi connectivity index (χ4v) is 3.73. The molecule has 150 valence electrons. The Hall–Kier alpha value is -3.39. The van der Waals surface area contributed by atoms with Crippen molar-refractivity contribution < 1.29 is 18.3 Å². The average Bonchev–Trinajstić information content (AvgIpc) is 2.70. The van der Waals surface area contributed by atoms with Gasteiger partial charge in [-0.2, -0.15) is 18.4 Å². The highest BCUT2D eigenvalue weighted by Crippen LogP contribution is 2.25. The number of carbonyl (C=O) groups is 1. The van der Waals surface area contributed by atoms with E-state index in [4.69, 9.17) is 0 Å². The van der Waals surface area contributed by atoms with Gasteiger partial charge in [-0.25, -0.2) is 4.79 Å². The summed E-state index contributed by atoms with van der Waals surface area (Å²) in [5.41, 5.74) is 3.18. The first-order valence-electron chi connectivity index (χ1n) is 8.81. The van der Waals surface area contributed by atoms with Crippen molar-refractivity contribution in [3.63, 3.8) is 0 Å². The van der Waals surface area contributed by atoms with Crippen LogP contribution in [0.2, 0.25) is 0 Å². The molecule has 0 bridgehead atoms. The number of carboxylic acid groups (broad SMARTS) is 1. The van der Waals surface area contributed by atoms with Crippen molar-refractivity contribution in [2.45, 2.75) is 18.7 Å². The molecule has 3 rings (SSSR count). The van der Waals surface area contributed by atoms with Crippen LogP contribution in [0.4, 0.5) is 0 Å². The number of hydrogen-bond donors (Lipinski definition) is 2. The number of nitrogens with one attached hydrogen (secondary N) is 1. The van der Waals surface area contributed by atoms with Gasteiger partial charge in [-0.05, 0) is 55.3 Å². The van der Waals surface area contributed by atoms with E-state index in [2.05, 4.69) is 9.93 Å². The molecule has 2 aromatic carbocycles. The number of rotatable bonds is 5. The molecule has 0 aliphatic rings. The Kier molecular flexibility index (Phi) is 5.56. The second kappa shape index (κ2) is 7.92. The van der Waals surface area contributed by atoms with Gasteiger partial charge in [0.1, 0.15) is 0 Å². The van der Waals surface area contributed by atoms with Gasteiger partial charge in [0.05, 0.1) is 15.8 Å². The summed E-state index contributed by atoms with van der Waals surface area (Å²) in [7, 11) is -1.94. The fraction of sp³-hybridized carbons (Fsp3) is 0.143. The summed E-state index contributed by atoms with van der Waals surface area (Å²) in [6.45, 7) is 3.82. The molecule has 0 saturated heterocycles. The molecule has 1 heterocycles. The first-order chi connectivity index (χ1) is 13.7. The number of sulfonamides is 1. The Bertz CT molecular complexity index is 1220. The van der Waals surface area contributed by atoms with E-state index in [-0.39, 0.29) is 10.5 Å². The fourth-order valence-electron chi connectivity index (χ4n) is 2.91. The first-order valence-corrected chi connectivity index (χ1v) is 10.3. The molecule has 0 radical (unpaired) electrons. The number of carboxylic acids is 1. The van der Waals surface area contributed by atoms with Gasteiger partial charge >= 0.3 is 5.97 Å². The second-order valence-electron chi connectivity index (χ2n) is 6.64. The molecule has 8 heteroatoms. The highest BCUT2D eigenvalue weighted by molar-refractivity contribution is 7.89. The smallest absolute Gasteiger partial charge is 0.336 e. The molecule has 0 amide bonds. The lowest BCUT2D eigenvalue weighted by atomic mass is 10.00. The zero-order valence-corrected chi connectivity index (χ0v) is 17.1. The van der Waals surface area contributed by atoms with E-state index >= 15 is 0 Å². The number of aromatic nitrogens is 1. The summed E-state index contributed by atoms with van der Waals surface area (Å²) in [5.74, 6) is -1.04. The van der Waals surface area contributed by atoms with Gasteiger partial charge in [0.2, 0.25) is 0 Å². The van der Waals surface area contributed by atoms with Gasteiger partial charge in [-0.1, -0.05) is 30.3 Å². The molecular weight excluding hydrogens is 390 g/mol. The van der Waals surface area contributed by atoms with Crippen LogP contribution in [0.25, 0.3) is 11.1 Å². The third-order valence-electron chi connectivity index (χ3n) is 4.70. The van der Waals surface area contributed by atoms with E-state index in [0.717, 1.165) is 11.4 Å². The molecule has 3 aromatic rings. The SMILES string of the molecule is Cc1cc(=NNS(=O)(=O)c2ccc(-c3ccccc3C(=O)O)cc2)cc(C)n1C. The summed E-state index contributed by atoms with van der Waals surface area (Å²) in [6, 6.07) is 16.1. The summed E-state index contributed by atoms with van der Waals surface area (Å²) in [5, 5.41) is 13.8. The molecule has 0 aliphatic carbocycles. The minimum absolute atomic E-state index is 0.0349. The number of nitrogens with zero attached hydrogens (tertiary/aromatic N) is 2. The summed E-state index contributed by atoms with van der Waals surface area (Å²) in [6.07, 6.45) is 0. The second-order valence-corrected chi connectivity index (χ2v) is 8.30. The van der Waals surface area contributed by atoms with E-state index in [1.165, 1.54) is 18.2 Å². The van der Waals surface area contributed by atoms with Crippen molar-refractivity contribution in [3.8, 4) is 11.1 Å². The predicted octanol–water partition coefficient (Wildman–Crippen LogP) is 2.80. The number of benzene rings is 2. The van der Waals surface area contributed by atoms with Gasteiger partial charge < -0.3 is 9.67 Å². The van der Waals surface area contributed by atoms with Crippen molar-refractivity contribution in [2.24, 2.45) is 12.1 Å². The minimum atomic E-state index is -3.86. The normalized spacial score (nSPS) is 11.1. The lowest BCUT2D eigenvalue weighted by molar-refractivity contribution is 0.0697. The molecule has 2 N–H and O–H groups in total. The Morgan fingerprint density at radius 2 is 1.59 bits per heavy atom. The molecule has 0 unspecified atom stereocenters. The lowest BCUT2D eigenvalue weighted by Crippen LogP contribution is -2.22. The summed E-state index contributed by atoms with van der Waals surface area (Å²) >= 11 is 0. The monoisotopic (exact) mass is 411 g/mol. The van der Waals surface area contributed by atoms with Crippen molar-refractivity contribution in [3.05, 3.63) is 83.0 Å². The lowest BCUT2D eigenvalue weighted by Gasteiger charge is -2.09. The van der Waals surface area contributed by atoms with Crippen LogP contribution in [0.5, 0.6) is 0 Å². The van der Waals surface area contributed by atoms with E-state index in [9.17, 15) is 18.3 Å². The van der Waals surface area contributed by atoms with Crippen LogP contribution < -0.4 is 10.2 Å². The van der Waals surface area contributed by atoms with Crippen molar-refractivity contribution in [2.75, 3.05) is 0 Å². The average molecular weight is 411 g/mol. The largest absolute Gasteiger partial charge is 0.478 e. The quantitative estimate of drug-likeness (QED) is 0.631. The van der Waals surface area contributed by atoms with E-state index in [1.807, 2.05) is 25.5 Å². The minimum Gasteiger partial charge on any atom is -0.478 e. The van der Waals surface area contributed by atoms with Crippen LogP contribution in [0, 0.1) is 13.8 Å². The highest BCUT2D eigenvalue weighted by Gasteiger charge is 2.15. The Labute approximate surface area is 169 Å². The summed E-state index contributed by atoms with van der Waals surface area (Å²) < 4.78 is 27.1. The first kappa shape index (κ1) is 20.3. The van der Waals surface area contributed by atoms with Crippen LogP contribution in [0.15, 0.2) is 70.7 Å². The topological polar surface area (TPSA) is 101 Å². The van der Waals surface area contributed by atoms with Crippen molar-refractivity contribution in [1.29, 1.82) is 0 Å². The van der Waals surface area contributed by atoms with Crippen LogP contribution in [-0.2, 0) is 17.1 Å². The molecule has 7 nitrogen and oxygen atoms in total. The Balaban J connectivity index is 1.90. The standard InChI is InChI=1S/C21H21N3O4S/c1-14-12-17(13-15(2)24(14)3)22-23-29(27,28)18-10-8-16(9-11-18)19-6-4-5-7-20(19)21(25)26/h4-13,23H,1-3H3,(H,25,26).